The lowest BCUT2D eigenvalue weighted by molar-refractivity contribution is 0.0696. The maximum absolute atomic E-state index is 11.4. The molecule has 1 N–H and O–H groups in total. The number of rotatable bonds is 8. The van der Waals surface area contributed by atoms with Crippen LogP contribution in [0.4, 0.5) is 0 Å². The summed E-state index contributed by atoms with van der Waals surface area (Å²) in [5.41, 5.74) is 3.60. The van der Waals surface area contributed by atoms with Gasteiger partial charge in [-0.1, -0.05) is 48.5 Å². The van der Waals surface area contributed by atoms with Crippen LogP contribution in [0.25, 0.3) is 0 Å². The molecule has 1 saturated carbocycles. The summed E-state index contributed by atoms with van der Waals surface area (Å²) < 4.78 is 11.9. The SMILES string of the molecule is COc1ccc(C(Cc2cccc(C(=O)O)c2)c2ccccc2)cc1OC1CCCC1. The molecule has 0 aliphatic heterocycles. The number of benzene rings is 3. The number of ether oxygens (including phenoxy) is 2. The van der Waals surface area contributed by atoms with E-state index in [2.05, 4.69) is 24.3 Å². The quantitative estimate of drug-likeness (QED) is 0.483. The Bertz CT molecular complexity index is 1020. The van der Waals surface area contributed by atoms with Gasteiger partial charge in [0.15, 0.2) is 11.5 Å². The van der Waals surface area contributed by atoms with Crippen molar-refractivity contribution in [3.63, 3.8) is 0 Å². The summed E-state index contributed by atoms with van der Waals surface area (Å²) in [6, 6.07) is 23.7. The summed E-state index contributed by atoms with van der Waals surface area (Å²) in [5.74, 6) is 0.694. The number of aromatic carboxylic acids is 1. The van der Waals surface area contributed by atoms with Crippen molar-refractivity contribution in [3.8, 4) is 11.5 Å². The Morgan fingerprint density at radius 3 is 2.42 bits per heavy atom. The summed E-state index contributed by atoms with van der Waals surface area (Å²) in [6.45, 7) is 0. The number of hydrogen-bond acceptors (Lipinski definition) is 3. The molecule has 1 atom stereocenters. The third kappa shape index (κ3) is 5.08. The van der Waals surface area contributed by atoms with Crippen LogP contribution in [0.15, 0.2) is 72.8 Å². The van der Waals surface area contributed by atoms with Gasteiger partial charge in [0.05, 0.1) is 18.8 Å². The highest BCUT2D eigenvalue weighted by Crippen LogP contribution is 2.37. The molecule has 0 radical (unpaired) electrons. The van der Waals surface area contributed by atoms with Crippen molar-refractivity contribution in [2.45, 2.75) is 44.1 Å². The highest BCUT2D eigenvalue weighted by Gasteiger charge is 2.21. The molecule has 31 heavy (non-hydrogen) atoms. The van der Waals surface area contributed by atoms with Crippen LogP contribution in [-0.2, 0) is 6.42 Å². The van der Waals surface area contributed by atoms with Gasteiger partial charge >= 0.3 is 5.97 Å². The molecule has 0 bridgehead atoms. The normalized spacial score (nSPS) is 14.9. The first-order chi connectivity index (χ1) is 15.1. The minimum absolute atomic E-state index is 0.0714. The zero-order valence-corrected chi connectivity index (χ0v) is 17.8. The maximum Gasteiger partial charge on any atom is 0.335 e. The van der Waals surface area contributed by atoms with Gasteiger partial charge in [-0.2, -0.15) is 0 Å². The van der Waals surface area contributed by atoms with E-state index in [1.54, 1.807) is 19.2 Å². The van der Waals surface area contributed by atoms with Gasteiger partial charge in [-0.05, 0) is 73.1 Å². The third-order valence-electron chi connectivity index (χ3n) is 6.00. The second-order valence-electron chi connectivity index (χ2n) is 8.11. The molecule has 0 heterocycles. The van der Waals surface area contributed by atoms with Crippen molar-refractivity contribution in [1.29, 1.82) is 0 Å². The molecule has 1 aliphatic carbocycles. The number of hydrogen-bond donors (Lipinski definition) is 1. The molecule has 0 aromatic heterocycles. The molecule has 0 spiro atoms. The molecule has 1 aliphatic rings. The van der Waals surface area contributed by atoms with Crippen LogP contribution in [0.2, 0.25) is 0 Å². The van der Waals surface area contributed by atoms with E-state index in [1.807, 2.05) is 36.4 Å². The average molecular weight is 417 g/mol. The van der Waals surface area contributed by atoms with E-state index in [4.69, 9.17) is 9.47 Å². The van der Waals surface area contributed by atoms with E-state index in [9.17, 15) is 9.90 Å². The Morgan fingerprint density at radius 2 is 1.71 bits per heavy atom. The monoisotopic (exact) mass is 416 g/mol. The molecule has 160 valence electrons. The molecule has 4 heteroatoms. The Labute approximate surface area is 183 Å². The van der Waals surface area contributed by atoms with Crippen molar-refractivity contribution in [2.24, 2.45) is 0 Å². The van der Waals surface area contributed by atoms with E-state index in [0.717, 1.165) is 35.5 Å². The molecular formula is C27H28O4. The summed E-state index contributed by atoms with van der Waals surface area (Å²) in [4.78, 5) is 11.4. The standard InChI is InChI=1S/C27H28O4/c1-30-25-15-14-21(18-26(25)31-23-12-5-6-13-23)24(20-9-3-2-4-10-20)17-19-8-7-11-22(16-19)27(28)29/h2-4,7-11,14-16,18,23-24H,5-6,12-13,17H2,1H3,(H,28,29). The largest absolute Gasteiger partial charge is 0.493 e. The number of carboxylic acid groups (broad SMARTS) is 1. The van der Waals surface area contributed by atoms with E-state index < -0.39 is 5.97 Å². The van der Waals surface area contributed by atoms with E-state index >= 15 is 0 Å². The van der Waals surface area contributed by atoms with Gasteiger partial charge in [0.1, 0.15) is 0 Å². The van der Waals surface area contributed by atoms with Crippen molar-refractivity contribution in [1.82, 2.24) is 0 Å². The fraction of sp³-hybridized carbons (Fsp3) is 0.296. The molecular weight excluding hydrogens is 388 g/mol. The van der Waals surface area contributed by atoms with Gasteiger partial charge in [-0.15, -0.1) is 0 Å². The van der Waals surface area contributed by atoms with E-state index in [0.29, 0.717) is 12.0 Å². The second-order valence-corrected chi connectivity index (χ2v) is 8.11. The minimum atomic E-state index is -0.908. The summed E-state index contributed by atoms with van der Waals surface area (Å²) >= 11 is 0. The average Bonchev–Trinajstić information content (AvgIpc) is 3.31. The molecule has 4 nitrogen and oxygen atoms in total. The van der Waals surface area contributed by atoms with Gasteiger partial charge in [-0.3, -0.25) is 0 Å². The molecule has 1 fully saturated rings. The lowest BCUT2D eigenvalue weighted by atomic mass is 9.85. The lowest BCUT2D eigenvalue weighted by Gasteiger charge is -2.22. The van der Waals surface area contributed by atoms with E-state index in [-0.39, 0.29) is 12.0 Å². The van der Waals surface area contributed by atoms with Crippen LogP contribution in [0, 0.1) is 0 Å². The second kappa shape index (κ2) is 9.69. The predicted molar refractivity (Wildman–Crippen MR) is 121 cm³/mol. The Kier molecular flexibility index (Phi) is 6.56. The van der Waals surface area contributed by atoms with Crippen LogP contribution in [-0.4, -0.2) is 24.3 Å². The van der Waals surface area contributed by atoms with Gasteiger partial charge in [0.25, 0.3) is 0 Å². The molecule has 3 aromatic carbocycles. The first-order valence-corrected chi connectivity index (χ1v) is 10.9. The molecule has 0 saturated heterocycles. The maximum atomic E-state index is 11.4. The van der Waals surface area contributed by atoms with Crippen LogP contribution < -0.4 is 9.47 Å². The summed E-state index contributed by atoms with van der Waals surface area (Å²) in [6.07, 6.45) is 5.51. The number of carbonyl (C=O) groups is 1. The van der Waals surface area contributed by atoms with Gasteiger partial charge in [-0.25, -0.2) is 4.79 Å². The lowest BCUT2D eigenvalue weighted by Crippen LogP contribution is -2.12. The van der Waals surface area contributed by atoms with Crippen molar-refractivity contribution >= 4 is 5.97 Å². The highest BCUT2D eigenvalue weighted by molar-refractivity contribution is 5.87. The Morgan fingerprint density at radius 1 is 0.935 bits per heavy atom. The van der Waals surface area contributed by atoms with Crippen molar-refractivity contribution < 1.29 is 19.4 Å². The molecule has 4 rings (SSSR count). The Balaban J connectivity index is 1.70. The fourth-order valence-corrected chi connectivity index (χ4v) is 4.37. The topological polar surface area (TPSA) is 55.8 Å². The fourth-order valence-electron chi connectivity index (χ4n) is 4.37. The first-order valence-electron chi connectivity index (χ1n) is 10.9. The Hall–Kier alpha value is -3.27. The zero-order valence-electron chi connectivity index (χ0n) is 17.8. The van der Waals surface area contributed by atoms with Crippen LogP contribution >= 0.6 is 0 Å². The van der Waals surface area contributed by atoms with Gasteiger partial charge < -0.3 is 14.6 Å². The van der Waals surface area contributed by atoms with Gasteiger partial charge in [0, 0.05) is 5.92 Å². The minimum Gasteiger partial charge on any atom is -0.493 e. The molecule has 0 amide bonds. The van der Waals surface area contributed by atoms with E-state index in [1.165, 1.54) is 18.4 Å². The summed E-state index contributed by atoms with van der Waals surface area (Å²) in [7, 11) is 1.67. The van der Waals surface area contributed by atoms with Crippen LogP contribution in [0.1, 0.15) is 58.6 Å². The third-order valence-corrected chi connectivity index (χ3v) is 6.00. The van der Waals surface area contributed by atoms with Gasteiger partial charge in [0.2, 0.25) is 0 Å². The molecule has 1 unspecified atom stereocenters. The smallest absolute Gasteiger partial charge is 0.335 e. The first kappa shape index (κ1) is 21.0. The predicted octanol–water partition coefficient (Wildman–Crippen LogP) is 6.09. The summed E-state index contributed by atoms with van der Waals surface area (Å²) in [5, 5.41) is 9.38. The molecule has 3 aromatic rings. The van der Waals surface area contributed by atoms with Crippen LogP contribution in [0.3, 0.4) is 0 Å². The van der Waals surface area contributed by atoms with Crippen LogP contribution in [0.5, 0.6) is 11.5 Å². The van der Waals surface area contributed by atoms with Crippen molar-refractivity contribution in [2.75, 3.05) is 7.11 Å². The highest BCUT2D eigenvalue weighted by atomic mass is 16.5. The number of carboxylic acids is 1. The number of methoxy groups -OCH3 is 1. The zero-order chi connectivity index (χ0) is 21.6. The van der Waals surface area contributed by atoms with Crippen molar-refractivity contribution in [3.05, 3.63) is 95.1 Å².